The lowest BCUT2D eigenvalue weighted by molar-refractivity contribution is -0.156. The summed E-state index contributed by atoms with van der Waals surface area (Å²) in [6.45, 7) is 0.757. The van der Waals surface area contributed by atoms with E-state index < -0.39 is 11.4 Å². The number of nitrogens with zero attached hydrogens (tertiary/aromatic N) is 1. The van der Waals surface area contributed by atoms with Crippen LogP contribution in [0.15, 0.2) is 0 Å². The van der Waals surface area contributed by atoms with Crippen LogP contribution >= 0.6 is 0 Å². The lowest BCUT2D eigenvalue weighted by Crippen LogP contribution is -2.50. The Morgan fingerprint density at radius 1 is 1.43 bits per heavy atom. The summed E-state index contributed by atoms with van der Waals surface area (Å²) in [6.07, 6.45) is 6.66. The largest absolute Gasteiger partial charge is 0.481 e. The molecule has 2 aliphatic carbocycles. The molecule has 0 atom stereocenters. The Labute approximate surface area is 85.1 Å². The number of carbonyl (C=O) groups is 1. The molecular weight excluding hydrogens is 178 g/mol. The van der Waals surface area contributed by atoms with Crippen molar-refractivity contribution in [1.82, 2.24) is 4.90 Å². The van der Waals surface area contributed by atoms with Crippen molar-refractivity contribution in [1.29, 1.82) is 0 Å². The number of carboxylic acids is 1. The molecule has 0 aliphatic heterocycles. The zero-order valence-electron chi connectivity index (χ0n) is 8.83. The van der Waals surface area contributed by atoms with Crippen molar-refractivity contribution in [2.45, 2.75) is 44.6 Å². The van der Waals surface area contributed by atoms with Crippen molar-refractivity contribution in [2.75, 3.05) is 13.6 Å². The van der Waals surface area contributed by atoms with Gasteiger partial charge in [-0.15, -0.1) is 0 Å². The molecule has 1 N–H and O–H groups in total. The Morgan fingerprint density at radius 2 is 2.07 bits per heavy atom. The standard InChI is InChI=1S/C11H19NO2/c1-12(9-4-2-5-9)8-11(10(13)14)6-3-7-11/h9H,2-8H2,1H3,(H,13,14). The van der Waals surface area contributed by atoms with E-state index in [-0.39, 0.29) is 0 Å². The molecule has 0 aromatic heterocycles. The van der Waals surface area contributed by atoms with E-state index in [1.165, 1.54) is 19.3 Å². The SMILES string of the molecule is CN(CC1(C(=O)O)CCC1)C1CCC1. The highest BCUT2D eigenvalue weighted by molar-refractivity contribution is 5.76. The average Bonchev–Trinajstić information content (AvgIpc) is 1.92. The van der Waals surface area contributed by atoms with Crippen molar-refractivity contribution >= 4 is 5.97 Å². The monoisotopic (exact) mass is 197 g/mol. The molecule has 0 bridgehead atoms. The lowest BCUT2D eigenvalue weighted by atomic mass is 9.68. The summed E-state index contributed by atoms with van der Waals surface area (Å²) in [5.41, 5.74) is -0.398. The minimum atomic E-state index is -0.588. The van der Waals surface area contributed by atoms with E-state index in [1.54, 1.807) is 0 Å². The molecule has 0 spiro atoms. The van der Waals surface area contributed by atoms with E-state index in [0.717, 1.165) is 25.8 Å². The molecule has 2 fully saturated rings. The van der Waals surface area contributed by atoms with E-state index in [0.29, 0.717) is 6.04 Å². The molecule has 0 radical (unpaired) electrons. The van der Waals surface area contributed by atoms with Crippen LogP contribution in [0.4, 0.5) is 0 Å². The Bertz CT molecular complexity index is 231. The van der Waals surface area contributed by atoms with Crippen LogP contribution in [0.5, 0.6) is 0 Å². The first-order valence-corrected chi connectivity index (χ1v) is 5.58. The van der Waals surface area contributed by atoms with Crippen LogP contribution in [0, 0.1) is 5.41 Å². The minimum absolute atomic E-state index is 0.398. The Kier molecular flexibility index (Phi) is 2.52. The zero-order valence-corrected chi connectivity index (χ0v) is 8.83. The van der Waals surface area contributed by atoms with Crippen molar-refractivity contribution in [3.63, 3.8) is 0 Å². The third kappa shape index (κ3) is 1.54. The summed E-state index contributed by atoms with van der Waals surface area (Å²) in [5, 5.41) is 9.18. The molecule has 0 aromatic carbocycles. The second-order valence-corrected chi connectivity index (χ2v) is 4.94. The summed E-state index contributed by atoms with van der Waals surface area (Å²) in [7, 11) is 2.08. The van der Waals surface area contributed by atoms with Gasteiger partial charge in [-0.25, -0.2) is 0 Å². The summed E-state index contributed by atoms with van der Waals surface area (Å²) < 4.78 is 0. The molecule has 0 unspecified atom stereocenters. The third-order valence-corrected chi connectivity index (χ3v) is 4.01. The van der Waals surface area contributed by atoms with Crippen molar-refractivity contribution in [3.8, 4) is 0 Å². The van der Waals surface area contributed by atoms with Crippen LogP contribution in [0.3, 0.4) is 0 Å². The van der Waals surface area contributed by atoms with Gasteiger partial charge in [0.05, 0.1) is 5.41 Å². The Morgan fingerprint density at radius 3 is 2.36 bits per heavy atom. The first-order chi connectivity index (χ1) is 6.64. The number of hydrogen-bond donors (Lipinski definition) is 1. The van der Waals surface area contributed by atoms with Crippen LogP contribution in [-0.2, 0) is 4.79 Å². The van der Waals surface area contributed by atoms with Crippen LogP contribution in [-0.4, -0.2) is 35.6 Å². The molecule has 3 heteroatoms. The number of rotatable bonds is 4. The van der Waals surface area contributed by atoms with Gasteiger partial charge in [0.2, 0.25) is 0 Å². The predicted molar refractivity (Wildman–Crippen MR) is 54.2 cm³/mol. The molecule has 0 aromatic rings. The lowest BCUT2D eigenvalue weighted by Gasteiger charge is -2.44. The molecule has 14 heavy (non-hydrogen) atoms. The second kappa shape index (κ2) is 3.54. The van der Waals surface area contributed by atoms with Gasteiger partial charge in [0.25, 0.3) is 0 Å². The average molecular weight is 197 g/mol. The van der Waals surface area contributed by atoms with E-state index in [4.69, 9.17) is 0 Å². The first kappa shape index (κ1) is 9.97. The number of carboxylic acid groups (broad SMARTS) is 1. The van der Waals surface area contributed by atoms with Gasteiger partial charge in [0, 0.05) is 12.6 Å². The van der Waals surface area contributed by atoms with Gasteiger partial charge in [-0.3, -0.25) is 4.79 Å². The fourth-order valence-electron chi connectivity index (χ4n) is 2.48. The zero-order chi connectivity index (χ0) is 10.2. The third-order valence-electron chi connectivity index (χ3n) is 4.01. The highest BCUT2D eigenvalue weighted by Crippen LogP contribution is 2.42. The number of aliphatic carboxylic acids is 1. The van der Waals surface area contributed by atoms with Crippen LogP contribution in [0.25, 0.3) is 0 Å². The van der Waals surface area contributed by atoms with Crippen molar-refractivity contribution < 1.29 is 9.90 Å². The molecule has 3 nitrogen and oxygen atoms in total. The van der Waals surface area contributed by atoms with E-state index in [1.807, 2.05) is 0 Å². The van der Waals surface area contributed by atoms with Gasteiger partial charge in [-0.2, -0.15) is 0 Å². The summed E-state index contributed by atoms with van der Waals surface area (Å²) in [6, 6.07) is 0.659. The van der Waals surface area contributed by atoms with Gasteiger partial charge < -0.3 is 10.0 Å². The minimum Gasteiger partial charge on any atom is -0.481 e. The normalized spacial score (nSPS) is 25.6. The summed E-state index contributed by atoms with van der Waals surface area (Å²) >= 11 is 0. The molecule has 0 amide bonds. The van der Waals surface area contributed by atoms with Crippen LogP contribution < -0.4 is 0 Å². The van der Waals surface area contributed by atoms with Gasteiger partial charge in [-0.05, 0) is 32.7 Å². The number of hydrogen-bond acceptors (Lipinski definition) is 2. The van der Waals surface area contributed by atoms with Crippen LogP contribution in [0.2, 0.25) is 0 Å². The molecule has 80 valence electrons. The fourth-order valence-corrected chi connectivity index (χ4v) is 2.48. The van der Waals surface area contributed by atoms with Gasteiger partial charge in [-0.1, -0.05) is 12.8 Å². The smallest absolute Gasteiger partial charge is 0.310 e. The van der Waals surface area contributed by atoms with Gasteiger partial charge in [0.1, 0.15) is 0 Å². The van der Waals surface area contributed by atoms with Crippen molar-refractivity contribution in [2.24, 2.45) is 5.41 Å². The fraction of sp³-hybridized carbons (Fsp3) is 0.909. The quantitative estimate of drug-likeness (QED) is 0.746. The molecule has 2 aliphatic rings. The Hall–Kier alpha value is -0.570. The van der Waals surface area contributed by atoms with Crippen molar-refractivity contribution in [3.05, 3.63) is 0 Å². The predicted octanol–water partition coefficient (Wildman–Crippen LogP) is 1.73. The maximum atomic E-state index is 11.1. The highest BCUT2D eigenvalue weighted by Gasteiger charge is 2.46. The van der Waals surface area contributed by atoms with E-state index >= 15 is 0 Å². The van der Waals surface area contributed by atoms with E-state index in [2.05, 4.69) is 11.9 Å². The Balaban J connectivity index is 1.90. The van der Waals surface area contributed by atoms with Crippen LogP contribution in [0.1, 0.15) is 38.5 Å². The molecule has 2 saturated carbocycles. The molecule has 0 saturated heterocycles. The highest BCUT2D eigenvalue weighted by atomic mass is 16.4. The maximum absolute atomic E-state index is 11.1. The van der Waals surface area contributed by atoms with Gasteiger partial charge in [0.15, 0.2) is 0 Å². The first-order valence-electron chi connectivity index (χ1n) is 5.58. The summed E-state index contributed by atoms with van der Waals surface area (Å²) in [4.78, 5) is 13.4. The van der Waals surface area contributed by atoms with E-state index in [9.17, 15) is 9.90 Å². The second-order valence-electron chi connectivity index (χ2n) is 4.94. The molecular formula is C11H19NO2. The summed E-state index contributed by atoms with van der Waals surface area (Å²) in [5.74, 6) is -0.588. The maximum Gasteiger partial charge on any atom is 0.310 e. The molecule has 0 heterocycles. The molecule has 2 rings (SSSR count). The van der Waals surface area contributed by atoms with Gasteiger partial charge >= 0.3 is 5.97 Å². The topological polar surface area (TPSA) is 40.5 Å².